The van der Waals surface area contributed by atoms with Crippen LogP contribution in [0.2, 0.25) is 0 Å². The number of halogens is 1. The summed E-state index contributed by atoms with van der Waals surface area (Å²) in [5, 5.41) is 11.7. The second kappa shape index (κ2) is 10.3. The van der Waals surface area contributed by atoms with Crippen LogP contribution in [0.25, 0.3) is 0 Å². The minimum Gasteiger partial charge on any atom is -0.362 e. The molecule has 1 heterocycles. The molecular formula is C22H27FN4O5S. The van der Waals surface area contributed by atoms with Gasteiger partial charge in [0.05, 0.1) is 16.2 Å². The highest BCUT2D eigenvalue weighted by Crippen LogP contribution is 2.32. The zero-order valence-electron chi connectivity index (χ0n) is 18.6. The fraction of sp³-hybridized carbons (Fsp3) is 0.409. The third-order valence-corrected chi connectivity index (χ3v) is 7.75. The van der Waals surface area contributed by atoms with Gasteiger partial charge in [-0.3, -0.25) is 14.9 Å². The first-order valence-electron chi connectivity index (χ1n) is 10.7. The molecule has 2 aromatic rings. The smallest absolute Gasteiger partial charge is 0.293 e. The predicted octanol–water partition coefficient (Wildman–Crippen LogP) is 2.66. The van der Waals surface area contributed by atoms with Crippen molar-refractivity contribution in [3.05, 3.63) is 64.0 Å². The Morgan fingerprint density at radius 2 is 1.76 bits per heavy atom. The summed E-state index contributed by atoms with van der Waals surface area (Å²) >= 11 is 0. The number of nitro groups is 1. The molecule has 1 aliphatic rings. The fourth-order valence-corrected chi connectivity index (χ4v) is 5.40. The zero-order valence-corrected chi connectivity index (χ0v) is 19.4. The van der Waals surface area contributed by atoms with Crippen molar-refractivity contribution in [2.45, 2.75) is 25.2 Å². The van der Waals surface area contributed by atoms with Crippen molar-refractivity contribution in [3.8, 4) is 0 Å². The number of benzene rings is 2. The van der Waals surface area contributed by atoms with Crippen LogP contribution in [0.5, 0.6) is 0 Å². The van der Waals surface area contributed by atoms with Crippen LogP contribution in [0.1, 0.15) is 19.4 Å². The van der Waals surface area contributed by atoms with Gasteiger partial charge in [-0.05, 0) is 29.8 Å². The quantitative estimate of drug-likeness (QED) is 0.427. The zero-order chi connectivity index (χ0) is 24.2. The van der Waals surface area contributed by atoms with Crippen molar-refractivity contribution in [2.75, 3.05) is 44.2 Å². The first kappa shape index (κ1) is 24.6. The second-order valence-corrected chi connectivity index (χ2v) is 9.61. The summed E-state index contributed by atoms with van der Waals surface area (Å²) in [6.07, 6.45) is 0.0792. The molecule has 1 saturated heterocycles. The van der Waals surface area contributed by atoms with Crippen LogP contribution in [-0.2, 0) is 21.2 Å². The summed E-state index contributed by atoms with van der Waals surface area (Å²) in [5.41, 5.74) is 0.613. The van der Waals surface area contributed by atoms with E-state index in [0.29, 0.717) is 37.4 Å². The van der Waals surface area contributed by atoms with Crippen LogP contribution < -0.4 is 4.90 Å². The minimum atomic E-state index is -3.83. The molecule has 33 heavy (non-hydrogen) atoms. The van der Waals surface area contributed by atoms with Gasteiger partial charge >= 0.3 is 0 Å². The van der Waals surface area contributed by atoms with E-state index in [-0.39, 0.29) is 36.0 Å². The highest BCUT2D eigenvalue weighted by Gasteiger charge is 2.29. The fourth-order valence-electron chi connectivity index (χ4n) is 3.92. The van der Waals surface area contributed by atoms with Crippen molar-refractivity contribution >= 4 is 27.3 Å². The van der Waals surface area contributed by atoms with Gasteiger partial charge in [0.15, 0.2) is 0 Å². The molecule has 1 aliphatic heterocycles. The van der Waals surface area contributed by atoms with E-state index in [9.17, 15) is 27.7 Å². The van der Waals surface area contributed by atoms with Crippen LogP contribution in [0.15, 0.2) is 47.4 Å². The number of nitrogens with zero attached hydrogens (tertiary/aromatic N) is 4. The van der Waals surface area contributed by atoms with E-state index in [1.165, 1.54) is 28.6 Å². The van der Waals surface area contributed by atoms with Gasteiger partial charge in [0.1, 0.15) is 11.5 Å². The van der Waals surface area contributed by atoms with Gasteiger partial charge in [0.2, 0.25) is 15.9 Å². The summed E-state index contributed by atoms with van der Waals surface area (Å²) in [4.78, 5) is 27.0. The Morgan fingerprint density at radius 3 is 2.33 bits per heavy atom. The molecule has 2 aromatic carbocycles. The molecule has 9 nitrogen and oxygen atoms in total. The van der Waals surface area contributed by atoms with Gasteiger partial charge in [-0.2, -0.15) is 4.31 Å². The summed E-state index contributed by atoms with van der Waals surface area (Å²) in [6.45, 7) is 5.36. The van der Waals surface area contributed by atoms with Crippen molar-refractivity contribution in [3.63, 3.8) is 0 Å². The largest absolute Gasteiger partial charge is 0.362 e. The van der Waals surface area contributed by atoms with Crippen LogP contribution in [0.3, 0.4) is 0 Å². The van der Waals surface area contributed by atoms with E-state index >= 15 is 0 Å². The molecule has 0 bridgehead atoms. The lowest BCUT2D eigenvalue weighted by atomic mass is 10.1. The molecule has 0 aliphatic carbocycles. The average molecular weight is 479 g/mol. The summed E-state index contributed by atoms with van der Waals surface area (Å²) < 4.78 is 40.1. The third kappa shape index (κ3) is 5.48. The van der Waals surface area contributed by atoms with Crippen LogP contribution in [0.4, 0.5) is 15.8 Å². The van der Waals surface area contributed by atoms with E-state index in [1.54, 1.807) is 35.8 Å². The van der Waals surface area contributed by atoms with E-state index in [2.05, 4.69) is 0 Å². The summed E-state index contributed by atoms with van der Waals surface area (Å²) in [5.74, 6) is -0.542. The summed E-state index contributed by atoms with van der Waals surface area (Å²) in [6, 6.07) is 9.83. The highest BCUT2D eigenvalue weighted by atomic mass is 32.2. The second-order valence-electron chi connectivity index (χ2n) is 7.67. The lowest BCUT2D eigenvalue weighted by molar-refractivity contribution is -0.384. The van der Waals surface area contributed by atoms with E-state index < -0.39 is 20.8 Å². The van der Waals surface area contributed by atoms with Crippen molar-refractivity contribution in [1.82, 2.24) is 9.21 Å². The molecule has 0 spiro atoms. The Bertz CT molecular complexity index is 1130. The molecule has 0 aromatic heterocycles. The topological polar surface area (TPSA) is 104 Å². The number of amides is 1. The van der Waals surface area contributed by atoms with Crippen molar-refractivity contribution in [2.24, 2.45) is 0 Å². The van der Waals surface area contributed by atoms with Gasteiger partial charge in [-0.15, -0.1) is 0 Å². The highest BCUT2D eigenvalue weighted by molar-refractivity contribution is 7.89. The standard InChI is InChI=1S/C22H27FN4O5S/c1-3-26(4-2)33(31,32)19-8-9-20(21(16-19)27(29)30)24-10-12-25(13-11-24)22(28)15-17-6-5-7-18(23)14-17/h5-9,14,16H,3-4,10-13,15H2,1-2H3. The Labute approximate surface area is 192 Å². The van der Waals surface area contributed by atoms with Crippen molar-refractivity contribution in [1.29, 1.82) is 0 Å². The maximum absolute atomic E-state index is 13.4. The molecule has 0 radical (unpaired) electrons. The normalized spacial score (nSPS) is 14.5. The number of carbonyl (C=O) groups is 1. The molecular weight excluding hydrogens is 451 g/mol. The average Bonchev–Trinajstić information content (AvgIpc) is 2.79. The van der Waals surface area contributed by atoms with Gasteiger partial charge in [-0.25, -0.2) is 12.8 Å². The Morgan fingerprint density at radius 1 is 1.09 bits per heavy atom. The van der Waals surface area contributed by atoms with E-state index in [0.717, 1.165) is 6.07 Å². The number of hydrogen-bond donors (Lipinski definition) is 0. The number of piperazine rings is 1. The van der Waals surface area contributed by atoms with Crippen molar-refractivity contribution < 1.29 is 22.5 Å². The van der Waals surface area contributed by atoms with Crippen LogP contribution in [-0.4, -0.2) is 67.7 Å². The number of rotatable bonds is 8. The Hall–Kier alpha value is -3.05. The minimum absolute atomic E-state index is 0.0792. The van der Waals surface area contributed by atoms with E-state index in [4.69, 9.17) is 0 Å². The first-order valence-corrected chi connectivity index (χ1v) is 12.2. The van der Waals surface area contributed by atoms with Crippen LogP contribution in [0, 0.1) is 15.9 Å². The predicted molar refractivity (Wildman–Crippen MR) is 122 cm³/mol. The van der Waals surface area contributed by atoms with Gasteiger partial charge in [-0.1, -0.05) is 26.0 Å². The first-order chi connectivity index (χ1) is 15.7. The molecule has 11 heteroatoms. The lowest BCUT2D eigenvalue weighted by Gasteiger charge is -2.36. The molecule has 0 N–H and O–H groups in total. The number of sulfonamides is 1. The van der Waals surface area contributed by atoms with Gasteiger partial charge < -0.3 is 9.80 Å². The molecule has 1 fully saturated rings. The maximum atomic E-state index is 13.4. The summed E-state index contributed by atoms with van der Waals surface area (Å²) in [7, 11) is -3.83. The third-order valence-electron chi connectivity index (χ3n) is 5.70. The SMILES string of the molecule is CCN(CC)S(=O)(=O)c1ccc(N2CCN(C(=O)Cc3cccc(F)c3)CC2)c([N+](=O)[O-])c1. The maximum Gasteiger partial charge on any atom is 0.293 e. The number of anilines is 1. The molecule has 3 rings (SSSR count). The molecule has 0 saturated carbocycles. The molecule has 0 atom stereocenters. The molecule has 0 unspecified atom stereocenters. The number of nitro benzene ring substituents is 1. The molecule has 178 valence electrons. The Kier molecular flexibility index (Phi) is 7.65. The Balaban J connectivity index is 1.74. The number of hydrogen-bond acceptors (Lipinski definition) is 6. The lowest BCUT2D eigenvalue weighted by Crippen LogP contribution is -2.49. The van der Waals surface area contributed by atoms with E-state index in [1.807, 2.05) is 0 Å². The monoisotopic (exact) mass is 478 g/mol. The van der Waals surface area contributed by atoms with Gasteiger partial charge in [0.25, 0.3) is 5.69 Å². The van der Waals surface area contributed by atoms with Crippen LogP contribution >= 0.6 is 0 Å². The van der Waals surface area contributed by atoms with Gasteiger partial charge in [0, 0.05) is 45.3 Å². The molecule has 1 amide bonds. The number of carbonyl (C=O) groups excluding carboxylic acids is 1.